The second-order valence-corrected chi connectivity index (χ2v) is 9.20. The van der Waals surface area contributed by atoms with Gasteiger partial charge in [-0.3, -0.25) is 10.1 Å². The minimum absolute atomic E-state index is 0.160. The van der Waals surface area contributed by atoms with Crippen LogP contribution >= 0.6 is 23.6 Å². The second kappa shape index (κ2) is 9.21. The third kappa shape index (κ3) is 4.48. The molecule has 0 unspecified atom stereocenters. The minimum atomic E-state index is -0.418. The van der Waals surface area contributed by atoms with Crippen molar-refractivity contribution >= 4 is 50.5 Å². The number of aryl methyl sites for hydroxylation is 2. The van der Waals surface area contributed by atoms with E-state index in [1.165, 1.54) is 16.9 Å². The summed E-state index contributed by atoms with van der Waals surface area (Å²) < 4.78 is 5.77. The van der Waals surface area contributed by atoms with Gasteiger partial charge in [0.15, 0.2) is 16.0 Å². The van der Waals surface area contributed by atoms with Crippen LogP contribution in [0.1, 0.15) is 21.7 Å². The van der Waals surface area contributed by atoms with Crippen LogP contribution in [-0.4, -0.2) is 16.0 Å². The highest BCUT2D eigenvalue weighted by Gasteiger charge is 2.15. The lowest BCUT2D eigenvalue weighted by Gasteiger charge is -2.06. The van der Waals surface area contributed by atoms with Crippen LogP contribution in [0.4, 0.5) is 5.13 Å². The summed E-state index contributed by atoms with van der Waals surface area (Å²) >= 11 is 6.75. The molecule has 2 heterocycles. The van der Waals surface area contributed by atoms with Gasteiger partial charge in [0.1, 0.15) is 5.76 Å². The average Bonchev–Trinajstić information content (AvgIpc) is 3.51. The van der Waals surface area contributed by atoms with Crippen LogP contribution in [0.5, 0.6) is 0 Å². The number of amides is 1. The standard InChI is InChI=1S/C27H21N3O2S2/c1-16-10-11-19(14-17(16)2)23-12-13-24(32-23)25(31)29-26(33)30-27-28-22(15-34-27)21-9-5-7-18-6-3-4-8-20(18)21/h3-15H,1-2H3,(H2,28,29,30,31,33). The van der Waals surface area contributed by atoms with E-state index in [1.807, 2.05) is 54.8 Å². The van der Waals surface area contributed by atoms with Gasteiger partial charge < -0.3 is 9.73 Å². The molecule has 0 bridgehead atoms. The Bertz CT molecular complexity index is 1530. The van der Waals surface area contributed by atoms with E-state index < -0.39 is 5.91 Å². The molecule has 2 N–H and O–H groups in total. The molecule has 5 rings (SSSR count). The molecule has 2 aromatic heterocycles. The van der Waals surface area contributed by atoms with E-state index in [1.54, 1.807) is 12.1 Å². The van der Waals surface area contributed by atoms with Gasteiger partial charge in [-0.25, -0.2) is 4.98 Å². The Morgan fingerprint density at radius 1 is 0.971 bits per heavy atom. The fourth-order valence-corrected chi connectivity index (χ4v) is 4.68. The van der Waals surface area contributed by atoms with E-state index in [-0.39, 0.29) is 10.9 Å². The smallest absolute Gasteiger partial charge is 0.293 e. The number of carbonyl (C=O) groups is 1. The predicted octanol–water partition coefficient (Wildman–Crippen LogP) is 6.97. The Morgan fingerprint density at radius 3 is 2.65 bits per heavy atom. The van der Waals surface area contributed by atoms with Crippen molar-refractivity contribution in [2.45, 2.75) is 13.8 Å². The molecule has 0 aliphatic rings. The van der Waals surface area contributed by atoms with Crippen molar-refractivity contribution in [3.8, 4) is 22.6 Å². The molecular formula is C27H21N3O2S2. The number of benzene rings is 3. The molecule has 168 valence electrons. The van der Waals surface area contributed by atoms with Crippen molar-refractivity contribution in [3.05, 3.63) is 95.1 Å². The average molecular weight is 484 g/mol. The Kier molecular flexibility index (Phi) is 5.96. The van der Waals surface area contributed by atoms with Crippen molar-refractivity contribution in [1.82, 2.24) is 10.3 Å². The van der Waals surface area contributed by atoms with E-state index in [0.29, 0.717) is 10.9 Å². The number of hydrogen-bond donors (Lipinski definition) is 2. The molecule has 34 heavy (non-hydrogen) atoms. The molecule has 0 fully saturated rings. The van der Waals surface area contributed by atoms with Crippen LogP contribution < -0.4 is 10.6 Å². The number of hydrogen-bond acceptors (Lipinski definition) is 5. The van der Waals surface area contributed by atoms with Crippen molar-refractivity contribution in [3.63, 3.8) is 0 Å². The van der Waals surface area contributed by atoms with Crippen LogP contribution in [-0.2, 0) is 0 Å². The molecule has 0 saturated carbocycles. The first-order valence-electron chi connectivity index (χ1n) is 10.7. The van der Waals surface area contributed by atoms with E-state index in [4.69, 9.17) is 16.6 Å². The number of anilines is 1. The van der Waals surface area contributed by atoms with Gasteiger partial charge in [-0.15, -0.1) is 11.3 Å². The molecule has 0 atom stereocenters. The van der Waals surface area contributed by atoms with Crippen molar-refractivity contribution in [1.29, 1.82) is 0 Å². The number of rotatable bonds is 4. The summed E-state index contributed by atoms with van der Waals surface area (Å²) in [7, 11) is 0. The third-order valence-corrected chi connectivity index (χ3v) is 6.60. The maximum absolute atomic E-state index is 12.6. The quantitative estimate of drug-likeness (QED) is 0.270. The number of nitrogens with zero attached hydrogens (tertiary/aromatic N) is 1. The molecule has 5 nitrogen and oxygen atoms in total. The summed E-state index contributed by atoms with van der Waals surface area (Å²) in [4.78, 5) is 17.3. The van der Waals surface area contributed by atoms with Gasteiger partial charge in [-0.05, 0) is 66.2 Å². The van der Waals surface area contributed by atoms with E-state index in [2.05, 4.69) is 40.7 Å². The maximum atomic E-state index is 12.6. The van der Waals surface area contributed by atoms with Crippen molar-refractivity contribution in [2.24, 2.45) is 0 Å². The molecule has 3 aromatic carbocycles. The molecule has 0 radical (unpaired) electrons. The number of nitrogens with one attached hydrogen (secondary N) is 2. The highest BCUT2D eigenvalue weighted by Crippen LogP contribution is 2.31. The van der Waals surface area contributed by atoms with Crippen LogP contribution in [0.25, 0.3) is 33.4 Å². The van der Waals surface area contributed by atoms with Crippen molar-refractivity contribution in [2.75, 3.05) is 5.32 Å². The van der Waals surface area contributed by atoms with Gasteiger partial charge >= 0.3 is 0 Å². The normalized spacial score (nSPS) is 10.9. The first kappa shape index (κ1) is 22.0. The molecule has 1 amide bonds. The van der Waals surface area contributed by atoms with Gasteiger partial charge in [0, 0.05) is 16.5 Å². The van der Waals surface area contributed by atoms with Gasteiger partial charge in [-0.1, -0.05) is 54.6 Å². The summed E-state index contributed by atoms with van der Waals surface area (Å²) in [5.41, 5.74) is 5.19. The lowest BCUT2D eigenvalue weighted by molar-refractivity contribution is 0.0951. The van der Waals surface area contributed by atoms with Crippen LogP contribution in [0, 0.1) is 13.8 Å². The Morgan fingerprint density at radius 2 is 1.79 bits per heavy atom. The first-order valence-corrected chi connectivity index (χ1v) is 12.0. The fraction of sp³-hybridized carbons (Fsp3) is 0.0741. The molecule has 5 aromatic rings. The molecule has 0 spiro atoms. The fourth-order valence-electron chi connectivity index (χ4n) is 3.71. The zero-order chi connectivity index (χ0) is 23.7. The highest BCUT2D eigenvalue weighted by atomic mass is 32.1. The number of thiocarbonyl (C=S) groups is 1. The second-order valence-electron chi connectivity index (χ2n) is 7.94. The molecule has 0 saturated heterocycles. The highest BCUT2D eigenvalue weighted by molar-refractivity contribution is 7.80. The summed E-state index contributed by atoms with van der Waals surface area (Å²) in [6.07, 6.45) is 0. The van der Waals surface area contributed by atoms with Gasteiger partial charge in [0.25, 0.3) is 5.91 Å². The van der Waals surface area contributed by atoms with Crippen molar-refractivity contribution < 1.29 is 9.21 Å². The maximum Gasteiger partial charge on any atom is 0.293 e. The number of thiazole rings is 1. The SMILES string of the molecule is Cc1ccc(-c2ccc(C(=O)NC(=S)Nc3nc(-c4cccc5ccccc45)cs3)o2)cc1C. The Labute approximate surface area is 206 Å². The lowest BCUT2D eigenvalue weighted by atomic mass is 10.0. The summed E-state index contributed by atoms with van der Waals surface area (Å²) in [6, 6.07) is 23.8. The van der Waals surface area contributed by atoms with Gasteiger partial charge in [-0.2, -0.15) is 0 Å². The summed E-state index contributed by atoms with van der Waals surface area (Å²) in [6.45, 7) is 4.10. The monoisotopic (exact) mass is 483 g/mol. The van der Waals surface area contributed by atoms with E-state index in [0.717, 1.165) is 33.2 Å². The molecular weight excluding hydrogens is 462 g/mol. The largest absolute Gasteiger partial charge is 0.451 e. The third-order valence-electron chi connectivity index (χ3n) is 5.64. The summed E-state index contributed by atoms with van der Waals surface area (Å²) in [5.74, 6) is 0.401. The number of carbonyl (C=O) groups excluding carboxylic acids is 1. The molecule has 0 aliphatic carbocycles. The Balaban J connectivity index is 1.26. The molecule has 0 aliphatic heterocycles. The topological polar surface area (TPSA) is 67.2 Å². The Hall–Kier alpha value is -3.81. The van der Waals surface area contributed by atoms with E-state index >= 15 is 0 Å². The van der Waals surface area contributed by atoms with Crippen LogP contribution in [0.2, 0.25) is 0 Å². The number of fused-ring (bicyclic) bond motifs is 1. The minimum Gasteiger partial charge on any atom is -0.451 e. The van der Waals surface area contributed by atoms with Gasteiger partial charge in [0.2, 0.25) is 0 Å². The van der Waals surface area contributed by atoms with Gasteiger partial charge in [0.05, 0.1) is 5.69 Å². The zero-order valence-electron chi connectivity index (χ0n) is 18.6. The first-order chi connectivity index (χ1) is 16.5. The summed E-state index contributed by atoms with van der Waals surface area (Å²) in [5, 5.41) is 10.7. The molecule has 7 heteroatoms. The van der Waals surface area contributed by atoms with E-state index in [9.17, 15) is 4.79 Å². The number of furan rings is 1. The predicted molar refractivity (Wildman–Crippen MR) is 142 cm³/mol. The lowest BCUT2D eigenvalue weighted by Crippen LogP contribution is -2.33. The van der Waals surface area contributed by atoms with Crippen LogP contribution in [0.15, 0.2) is 82.6 Å². The number of aromatic nitrogens is 1. The zero-order valence-corrected chi connectivity index (χ0v) is 20.2. The van der Waals surface area contributed by atoms with Crippen LogP contribution in [0.3, 0.4) is 0 Å².